The van der Waals surface area contributed by atoms with Crippen molar-refractivity contribution in [1.29, 1.82) is 0 Å². The van der Waals surface area contributed by atoms with E-state index in [9.17, 15) is 13.2 Å². The maximum atomic E-state index is 12.8. The summed E-state index contributed by atoms with van der Waals surface area (Å²) < 4.78 is 25.9. The van der Waals surface area contributed by atoms with E-state index < -0.39 is 16.1 Å². The van der Waals surface area contributed by atoms with Gasteiger partial charge in [-0.25, -0.2) is 8.42 Å². The summed E-state index contributed by atoms with van der Waals surface area (Å²) in [4.78, 5) is 12.8. The summed E-state index contributed by atoms with van der Waals surface area (Å²) in [6, 6.07) is 12.1. The van der Waals surface area contributed by atoms with E-state index in [1.165, 1.54) is 0 Å². The lowest BCUT2D eigenvalue weighted by molar-refractivity contribution is -0.122. The second-order valence-electron chi connectivity index (χ2n) is 7.16. The summed E-state index contributed by atoms with van der Waals surface area (Å²) in [6.45, 7) is 9.44. The molecule has 6 heteroatoms. The number of carbonyl (C=O) groups excluding carboxylic acids is 1. The number of nitrogens with one attached hydrogen (secondary N) is 1. The molecule has 0 aromatic heterocycles. The molecule has 146 valence electrons. The van der Waals surface area contributed by atoms with Gasteiger partial charge in [0.2, 0.25) is 15.9 Å². The van der Waals surface area contributed by atoms with Crippen molar-refractivity contribution in [2.75, 3.05) is 10.6 Å². The Morgan fingerprint density at radius 1 is 0.963 bits per heavy atom. The molecule has 0 saturated heterocycles. The molecule has 0 aliphatic rings. The Hall–Kier alpha value is -2.34. The van der Waals surface area contributed by atoms with E-state index in [1.807, 2.05) is 58.0 Å². The Bertz CT molecular complexity index is 921. The van der Waals surface area contributed by atoms with E-state index in [2.05, 4.69) is 5.32 Å². The maximum Gasteiger partial charge on any atom is 0.244 e. The highest BCUT2D eigenvalue weighted by Crippen LogP contribution is 2.23. The zero-order valence-electron chi connectivity index (χ0n) is 16.8. The topological polar surface area (TPSA) is 66.5 Å². The number of hydrogen-bond acceptors (Lipinski definition) is 3. The van der Waals surface area contributed by atoms with Crippen LogP contribution in [0, 0.1) is 20.8 Å². The summed E-state index contributed by atoms with van der Waals surface area (Å²) in [5, 5.41) is 2.95. The number of benzene rings is 2. The molecule has 0 radical (unpaired) electrons. The number of nitrogens with zero attached hydrogens (tertiary/aromatic N) is 1. The average molecular weight is 389 g/mol. The Balaban J connectivity index is 2.27. The van der Waals surface area contributed by atoms with E-state index in [4.69, 9.17) is 0 Å². The normalized spacial score (nSPS) is 13.7. The highest BCUT2D eigenvalue weighted by molar-refractivity contribution is 7.92. The first-order valence-electron chi connectivity index (χ1n) is 8.94. The van der Waals surface area contributed by atoms with E-state index in [0.29, 0.717) is 5.69 Å². The van der Waals surface area contributed by atoms with Gasteiger partial charge in [0.15, 0.2) is 0 Å². The average Bonchev–Trinajstić information content (AvgIpc) is 2.57. The predicted octanol–water partition coefficient (Wildman–Crippen LogP) is 3.64. The molecule has 5 nitrogen and oxygen atoms in total. The molecular weight excluding hydrogens is 360 g/mol. The zero-order chi connectivity index (χ0) is 20.4. The minimum atomic E-state index is -3.62. The number of aryl methyl sites for hydroxylation is 3. The van der Waals surface area contributed by atoms with Gasteiger partial charge in [-0.1, -0.05) is 41.5 Å². The minimum Gasteiger partial charge on any atom is -0.348 e. The number of amides is 1. The fourth-order valence-electron chi connectivity index (χ4n) is 3.14. The standard InChI is InChI=1S/C21H28N2O3S/c1-14-8-11-19(12-9-14)23(27(6,25)26)18(5)21(24)22-17(4)20-13-15(2)7-10-16(20)3/h7-13,17-18H,1-6H3,(H,22,24). The molecule has 0 heterocycles. The van der Waals surface area contributed by atoms with Gasteiger partial charge in [-0.3, -0.25) is 9.10 Å². The van der Waals surface area contributed by atoms with Crippen LogP contribution < -0.4 is 9.62 Å². The van der Waals surface area contributed by atoms with Gasteiger partial charge in [0, 0.05) is 0 Å². The highest BCUT2D eigenvalue weighted by atomic mass is 32.2. The summed E-state index contributed by atoms with van der Waals surface area (Å²) in [6.07, 6.45) is 1.12. The van der Waals surface area contributed by atoms with Crippen LogP contribution in [0.4, 0.5) is 5.69 Å². The van der Waals surface area contributed by atoms with E-state index >= 15 is 0 Å². The number of anilines is 1. The first-order chi connectivity index (χ1) is 12.5. The summed E-state index contributed by atoms with van der Waals surface area (Å²) in [5.41, 5.74) is 4.72. The van der Waals surface area contributed by atoms with Crippen LogP contribution in [0.3, 0.4) is 0 Å². The third-order valence-corrected chi connectivity index (χ3v) is 5.88. The van der Waals surface area contributed by atoms with Gasteiger partial charge in [0.05, 0.1) is 18.0 Å². The Kier molecular flexibility index (Phi) is 6.31. The fraction of sp³-hybridized carbons (Fsp3) is 0.381. The molecule has 0 saturated carbocycles. The van der Waals surface area contributed by atoms with Gasteiger partial charge in [-0.15, -0.1) is 0 Å². The van der Waals surface area contributed by atoms with Crippen molar-refractivity contribution in [3.8, 4) is 0 Å². The maximum absolute atomic E-state index is 12.8. The number of sulfonamides is 1. The smallest absolute Gasteiger partial charge is 0.244 e. The van der Waals surface area contributed by atoms with Crippen molar-refractivity contribution in [2.24, 2.45) is 0 Å². The van der Waals surface area contributed by atoms with Crippen molar-refractivity contribution in [2.45, 2.75) is 46.7 Å². The molecule has 2 aromatic carbocycles. The first kappa shape index (κ1) is 21.0. The van der Waals surface area contributed by atoms with Crippen LogP contribution >= 0.6 is 0 Å². The molecule has 0 bridgehead atoms. The molecular formula is C21H28N2O3S. The molecule has 2 unspecified atom stereocenters. The molecule has 1 N–H and O–H groups in total. The lowest BCUT2D eigenvalue weighted by Gasteiger charge is -2.29. The molecule has 0 fully saturated rings. The summed E-state index contributed by atoms with van der Waals surface area (Å²) in [5.74, 6) is -0.339. The van der Waals surface area contributed by atoms with E-state index in [-0.39, 0.29) is 11.9 Å². The van der Waals surface area contributed by atoms with Crippen LogP contribution in [0.5, 0.6) is 0 Å². The highest BCUT2D eigenvalue weighted by Gasteiger charge is 2.30. The zero-order valence-corrected chi connectivity index (χ0v) is 17.6. The third-order valence-electron chi connectivity index (χ3n) is 4.64. The second kappa shape index (κ2) is 8.13. The van der Waals surface area contributed by atoms with Crippen molar-refractivity contribution in [1.82, 2.24) is 5.32 Å². The Morgan fingerprint density at radius 2 is 1.52 bits per heavy atom. The number of rotatable bonds is 6. The van der Waals surface area contributed by atoms with Gasteiger partial charge < -0.3 is 5.32 Å². The quantitative estimate of drug-likeness (QED) is 0.821. The minimum absolute atomic E-state index is 0.223. The molecule has 27 heavy (non-hydrogen) atoms. The van der Waals surface area contributed by atoms with Gasteiger partial charge in [-0.2, -0.15) is 0 Å². The molecule has 0 aliphatic carbocycles. The Labute approximate surface area is 162 Å². The van der Waals surface area contributed by atoms with Crippen molar-refractivity contribution in [3.63, 3.8) is 0 Å². The van der Waals surface area contributed by atoms with Crippen LogP contribution in [0.2, 0.25) is 0 Å². The van der Waals surface area contributed by atoms with E-state index in [1.54, 1.807) is 19.1 Å². The first-order valence-corrected chi connectivity index (χ1v) is 10.8. The van der Waals surface area contributed by atoms with Crippen LogP contribution in [0.1, 0.15) is 42.1 Å². The lowest BCUT2D eigenvalue weighted by atomic mass is 10.00. The van der Waals surface area contributed by atoms with Gasteiger partial charge in [0.1, 0.15) is 6.04 Å². The van der Waals surface area contributed by atoms with Gasteiger partial charge >= 0.3 is 0 Å². The second-order valence-corrected chi connectivity index (χ2v) is 9.02. The number of hydrogen-bond donors (Lipinski definition) is 1. The molecule has 2 atom stereocenters. The lowest BCUT2D eigenvalue weighted by Crippen LogP contribution is -2.48. The molecule has 2 rings (SSSR count). The third kappa shape index (κ3) is 5.10. The van der Waals surface area contributed by atoms with Crippen molar-refractivity contribution in [3.05, 3.63) is 64.7 Å². The predicted molar refractivity (Wildman–Crippen MR) is 110 cm³/mol. The molecule has 0 aliphatic heterocycles. The summed E-state index contributed by atoms with van der Waals surface area (Å²) in [7, 11) is -3.62. The van der Waals surface area contributed by atoms with Crippen LogP contribution in [0.25, 0.3) is 0 Å². The van der Waals surface area contributed by atoms with Crippen molar-refractivity contribution < 1.29 is 13.2 Å². The van der Waals surface area contributed by atoms with E-state index in [0.717, 1.165) is 32.8 Å². The van der Waals surface area contributed by atoms with Crippen molar-refractivity contribution >= 4 is 21.6 Å². The van der Waals surface area contributed by atoms with Gasteiger partial charge in [-0.05, 0) is 57.9 Å². The molecule has 2 aromatic rings. The van der Waals surface area contributed by atoms with Crippen LogP contribution in [0.15, 0.2) is 42.5 Å². The van der Waals surface area contributed by atoms with Gasteiger partial charge in [0.25, 0.3) is 0 Å². The largest absolute Gasteiger partial charge is 0.348 e. The Morgan fingerprint density at radius 3 is 2.07 bits per heavy atom. The molecule has 1 amide bonds. The molecule has 0 spiro atoms. The SMILES string of the molecule is Cc1ccc(N(C(C)C(=O)NC(C)c2cc(C)ccc2C)S(C)(=O)=O)cc1. The number of carbonyl (C=O) groups is 1. The monoisotopic (exact) mass is 388 g/mol. The summed E-state index contributed by atoms with van der Waals surface area (Å²) >= 11 is 0. The van der Waals surface area contributed by atoms with Crippen LogP contribution in [-0.4, -0.2) is 26.6 Å². The fourth-order valence-corrected chi connectivity index (χ4v) is 4.31. The van der Waals surface area contributed by atoms with Crippen LogP contribution in [-0.2, 0) is 14.8 Å².